The van der Waals surface area contributed by atoms with E-state index in [2.05, 4.69) is 15.2 Å². The number of carbonyl (C=O) groups excluding carboxylic acids is 3. The van der Waals surface area contributed by atoms with E-state index in [0.717, 1.165) is 0 Å². The Balaban J connectivity index is 4.27. The number of rotatable bonds is 8. The fourth-order valence-corrected chi connectivity index (χ4v) is 1.38. The standard InChI is InChI=1S/C9H18N3O7P/c1-5(3-13)11-8(14)6(2)12-9(15)7(10)4-19-20(16,17)18/h3,5-7H,4,10H2,1-2H3,(H,11,14)(H,12,15)(H2,16,17,18)/t5-,6-,7-/m0/s1. The monoisotopic (exact) mass is 311 g/mol. The van der Waals surface area contributed by atoms with Gasteiger partial charge in [0.15, 0.2) is 0 Å². The van der Waals surface area contributed by atoms with Crippen molar-refractivity contribution < 1.29 is 33.3 Å². The van der Waals surface area contributed by atoms with Crippen molar-refractivity contribution in [3.05, 3.63) is 0 Å². The van der Waals surface area contributed by atoms with Crippen molar-refractivity contribution in [1.29, 1.82) is 0 Å². The molecule has 10 nitrogen and oxygen atoms in total. The van der Waals surface area contributed by atoms with Crippen molar-refractivity contribution in [2.75, 3.05) is 6.61 Å². The molecule has 0 spiro atoms. The molecule has 3 atom stereocenters. The van der Waals surface area contributed by atoms with Gasteiger partial charge in [-0.2, -0.15) is 0 Å². The minimum absolute atomic E-state index is 0.520. The van der Waals surface area contributed by atoms with Gasteiger partial charge in [0.25, 0.3) is 0 Å². The fraction of sp³-hybridized carbons (Fsp3) is 0.667. The maximum atomic E-state index is 11.5. The van der Waals surface area contributed by atoms with Gasteiger partial charge in [-0.05, 0) is 13.8 Å². The molecular formula is C9H18N3O7P. The summed E-state index contributed by atoms with van der Waals surface area (Å²) in [5, 5.41) is 4.53. The van der Waals surface area contributed by atoms with Gasteiger partial charge in [-0.25, -0.2) is 4.57 Å². The van der Waals surface area contributed by atoms with Gasteiger partial charge in [-0.15, -0.1) is 0 Å². The molecule has 0 aromatic rings. The molecule has 0 aromatic carbocycles. The third-order valence-electron chi connectivity index (χ3n) is 2.09. The van der Waals surface area contributed by atoms with Gasteiger partial charge in [0.2, 0.25) is 11.8 Å². The summed E-state index contributed by atoms with van der Waals surface area (Å²) in [6.45, 7) is 2.12. The van der Waals surface area contributed by atoms with Crippen molar-refractivity contribution in [2.45, 2.75) is 32.0 Å². The van der Waals surface area contributed by atoms with Crippen LogP contribution in [-0.2, 0) is 23.5 Å². The van der Waals surface area contributed by atoms with E-state index in [-0.39, 0.29) is 0 Å². The second kappa shape index (κ2) is 8.08. The summed E-state index contributed by atoms with van der Waals surface area (Å²) >= 11 is 0. The summed E-state index contributed by atoms with van der Waals surface area (Å²) in [5.41, 5.74) is 5.33. The number of hydrogen-bond acceptors (Lipinski definition) is 6. The summed E-state index contributed by atoms with van der Waals surface area (Å²) in [6.07, 6.45) is 0.520. The molecule has 0 aliphatic heterocycles. The SMILES string of the molecule is C[C@H](NC(=O)[C@@H](N)COP(=O)(O)O)C(=O)N[C@@H](C)C=O. The van der Waals surface area contributed by atoms with Crippen LogP contribution in [0.2, 0.25) is 0 Å². The maximum Gasteiger partial charge on any atom is 0.469 e. The molecule has 0 bridgehead atoms. The van der Waals surface area contributed by atoms with Gasteiger partial charge in [0.05, 0.1) is 12.6 Å². The lowest BCUT2D eigenvalue weighted by Gasteiger charge is -2.18. The highest BCUT2D eigenvalue weighted by Gasteiger charge is 2.23. The van der Waals surface area contributed by atoms with Crippen LogP contribution in [0.1, 0.15) is 13.8 Å². The van der Waals surface area contributed by atoms with Crippen LogP contribution in [0.4, 0.5) is 0 Å². The number of aldehydes is 1. The largest absolute Gasteiger partial charge is 0.469 e. The summed E-state index contributed by atoms with van der Waals surface area (Å²) < 4.78 is 14.5. The molecule has 0 rings (SSSR count). The number of phosphoric acid groups is 1. The molecule has 11 heteroatoms. The van der Waals surface area contributed by atoms with Crippen LogP contribution in [0.3, 0.4) is 0 Å². The van der Waals surface area contributed by atoms with E-state index in [1.165, 1.54) is 13.8 Å². The van der Waals surface area contributed by atoms with Gasteiger partial charge < -0.3 is 30.9 Å². The summed E-state index contributed by atoms with van der Waals surface area (Å²) in [5.74, 6) is -1.42. The zero-order valence-electron chi connectivity index (χ0n) is 11.0. The lowest BCUT2D eigenvalue weighted by atomic mass is 10.2. The van der Waals surface area contributed by atoms with Crippen molar-refractivity contribution in [1.82, 2.24) is 10.6 Å². The fourth-order valence-electron chi connectivity index (χ4n) is 1.02. The number of hydrogen-bond donors (Lipinski definition) is 5. The Labute approximate surface area is 115 Å². The molecule has 0 fully saturated rings. The minimum atomic E-state index is -4.71. The molecule has 0 saturated heterocycles. The number of phosphoric ester groups is 1. The average Bonchev–Trinajstić information content (AvgIpc) is 2.34. The van der Waals surface area contributed by atoms with E-state index in [1.807, 2.05) is 0 Å². The molecule has 20 heavy (non-hydrogen) atoms. The number of nitrogens with two attached hydrogens (primary N) is 1. The molecule has 0 aliphatic carbocycles. The molecular weight excluding hydrogens is 293 g/mol. The first-order valence-corrected chi connectivity index (χ1v) is 7.11. The first-order valence-electron chi connectivity index (χ1n) is 5.58. The van der Waals surface area contributed by atoms with Crippen molar-refractivity contribution in [2.24, 2.45) is 5.73 Å². The molecule has 116 valence electrons. The normalized spacial score (nSPS) is 15.8. The summed E-state index contributed by atoms with van der Waals surface area (Å²) in [4.78, 5) is 50.3. The van der Waals surface area contributed by atoms with Gasteiger partial charge in [0, 0.05) is 0 Å². The predicted octanol–water partition coefficient (Wildman–Crippen LogP) is -2.37. The number of carbonyl (C=O) groups is 3. The van der Waals surface area contributed by atoms with E-state index in [0.29, 0.717) is 6.29 Å². The quantitative estimate of drug-likeness (QED) is 0.245. The Morgan fingerprint density at radius 2 is 1.85 bits per heavy atom. The van der Waals surface area contributed by atoms with E-state index < -0.39 is 44.4 Å². The molecule has 6 N–H and O–H groups in total. The smallest absolute Gasteiger partial charge is 0.345 e. The van der Waals surface area contributed by atoms with Crippen LogP contribution in [-0.4, -0.2) is 52.6 Å². The van der Waals surface area contributed by atoms with Crippen molar-refractivity contribution in [3.8, 4) is 0 Å². The maximum absolute atomic E-state index is 11.5. The first-order chi connectivity index (χ1) is 9.06. The second-order valence-electron chi connectivity index (χ2n) is 4.06. The van der Waals surface area contributed by atoms with E-state index in [4.69, 9.17) is 15.5 Å². The van der Waals surface area contributed by atoms with E-state index >= 15 is 0 Å². The highest BCUT2D eigenvalue weighted by atomic mass is 31.2. The predicted molar refractivity (Wildman–Crippen MR) is 67.2 cm³/mol. The molecule has 0 saturated carbocycles. The second-order valence-corrected chi connectivity index (χ2v) is 5.30. The number of nitrogens with one attached hydrogen (secondary N) is 2. The zero-order chi connectivity index (χ0) is 15.9. The Kier molecular flexibility index (Phi) is 7.54. The third-order valence-corrected chi connectivity index (χ3v) is 2.57. The van der Waals surface area contributed by atoms with Gasteiger partial charge in [0.1, 0.15) is 18.4 Å². The van der Waals surface area contributed by atoms with Crippen LogP contribution in [0.5, 0.6) is 0 Å². The molecule has 0 radical (unpaired) electrons. The Hall–Kier alpha value is -1.32. The van der Waals surface area contributed by atoms with Crippen LogP contribution in [0.15, 0.2) is 0 Å². The molecule has 0 heterocycles. The van der Waals surface area contributed by atoms with Crippen LogP contribution in [0.25, 0.3) is 0 Å². The average molecular weight is 311 g/mol. The topological polar surface area (TPSA) is 168 Å². The Bertz CT molecular complexity index is 410. The van der Waals surface area contributed by atoms with Crippen LogP contribution >= 0.6 is 7.82 Å². The summed E-state index contributed by atoms with van der Waals surface area (Å²) in [6, 6.07) is -3.01. The summed E-state index contributed by atoms with van der Waals surface area (Å²) in [7, 11) is -4.71. The van der Waals surface area contributed by atoms with Crippen LogP contribution in [0, 0.1) is 0 Å². The van der Waals surface area contributed by atoms with Gasteiger partial charge in [-0.1, -0.05) is 0 Å². The highest BCUT2D eigenvalue weighted by Crippen LogP contribution is 2.35. The van der Waals surface area contributed by atoms with Gasteiger partial charge in [-0.3, -0.25) is 14.1 Å². The number of amides is 2. The lowest BCUT2D eigenvalue weighted by Crippen LogP contribution is -2.52. The van der Waals surface area contributed by atoms with Crippen molar-refractivity contribution >= 4 is 25.9 Å². The lowest BCUT2D eigenvalue weighted by molar-refractivity contribution is -0.130. The molecule has 0 aromatic heterocycles. The Morgan fingerprint density at radius 1 is 1.30 bits per heavy atom. The van der Waals surface area contributed by atoms with Gasteiger partial charge >= 0.3 is 7.82 Å². The minimum Gasteiger partial charge on any atom is -0.345 e. The van der Waals surface area contributed by atoms with E-state index in [1.54, 1.807) is 0 Å². The Morgan fingerprint density at radius 3 is 2.30 bits per heavy atom. The van der Waals surface area contributed by atoms with Crippen molar-refractivity contribution in [3.63, 3.8) is 0 Å². The zero-order valence-corrected chi connectivity index (χ0v) is 11.9. The highest BCUT2D eigenvalue weighted by molar-refractivity contribution is 7.46. The molecule has 2 amide bonds. The molecule has 0 unspecified atom stereocenters. The third kappa shape index (κ3) is 7.97. The molecule has 0 aliphatic rings. The first kappa shape index (κ1) is 18.7. The van der Waals surface area contributed by atoms with Crippen LogP contribution < -0.4 is 16.4 Å². The van der Waals surface area contributed by atoms with E-state index in [9.17, 15) is 18.9 Å².